The average Bonchev–Trinajstić information content (AvgIpc) is 2.85. The molecule has 0 heterocycles. The summed E-state index contributed by atoms with van der Waals surface area (Å²) in [5, 5.41) is 0. The maximum Gasteiger partial charge on any atom is 0.432 e. The lowest BCUT2D eigenvalue weighted by molar-refractivity contribution is -0.189. The minimum absolute atomic E-state index is 0.205. The summed E-state index contributed by atoms with van der Waals surface area (Å²) in [6.45, 7) is 2.10. The topological polar surface area (TPSA) is 9.23 Å². The monoisotopic (exact) mass is 644 g/mol. The average molecular weight is 644 g/mol. The standard InChI is InChI=1S/C29H20F7IO/c1-2-3-4-16-5-7-17(8-6-16)18-9-10-21(22(30)11-18)19-12-23(31)27(24(32)13-19)29(35,36)38-20-14-25(33)28(37)26(34)15-20/h5-15H,2-4H2,1H3. The van der Waals surface area contributed by atoms with Gasteiger partial charge >= 0.3 is 6.11 Å². The van der Waals surface area contributed by atoms with Crippen molar-refractivity contribution in [1.82, 2.24) is 0 Å². The van der Waals surface area contributed by atoms with E-state index in [4.69, 9.17) is 0 Å². The smallest absolute Gasteiger partial charge is 0.429 e. The Hall–Kier alpha value is -3.08. The van der Waals surface area contributed by atoms with Crippen LogP contribution in [-0.2, 0) is 12.5 Å². The number of hydrogen-bond donors (Lipinski definition) is 0. The van der Waals surface area contributed by atoms with Crippen LogP contribution in [0.4, 0.5) is 30.7 Å². The van der Waals surface area contributed by atoms with E-state index in [0.717, 1.165) is 30.4 Å². The predicted molar refractivity (Wildman–Crippen MR) is 139 cm³/mol. The molecule has 0 amide bonds. The molecule has 0 fully saturated rings. The Bertz CT molecular complexity index is 1420. The second kappa shape index (κ2) is 11.3. The number of unbranched alkanes of at least 4 members (excludes halogenated alkanes) is 1. The van der Waals surface area contributed by atoms with Crippen molar-refractivity contribution in [3.8, 4) is 28.0 Å². The van der Waals surface area contributed by atoms with Gasteiger partial charge in [0.05, 0.1) is 3.57 Å². The maximum absolute atomic E-state index is 15.0. The number of hydrogen-bond acceptors (Lipinski definition) is 1. The van der Waals surface area contributed by atoms with E-state index >= 15 is 0 Å². The number of aryl methyl sites for hydroxylation is 1. The van der Waals surface area contributed by atoms with Crippen LogP contribution in [0.1, 0.15) is 30.9 Å². The second-order valence-corrected chi connectivity index (χ2v) is 9.71. The third kappa shape index (κ3) is 5.98. The van der Waals surface area contributed by atoms with Crippen molar-refractivity contribution in [3.63, 3.8) is 0 Å². The van der Waals surface area contributed by atoms with Gasteiger partial charge < -0.3 is 4.74 Å². The molecule has 0 saturated heterocycles. The van der Waals surface area contributed by atoms with Gasteiger partial charge in [0.25, 0.3) is 0 Å². The van der Waals surface area contributed by atoms with Crippen LogP contribution in [0, 0.1) is 32.7 Å². The van der Waals surface area contributed by atoms with Crippen molar-refractivity contribution in [2.75, 3.05) is 0 Å². The zero-order valence-electron chi connectivity index (χ0n) is 19.9. The molecule has 198 valence electrons. The van der Waals surface area contributed by atoms with Gasteiger partial charge in [0, 0.05) is 17.7 Å². The maximum atomic E-state index is 15.0. The highest BCUT2D eigenvalue weighted by molar-refractivity contribution is 14.1. The van der Waals surface area contributed by atoms with Gasteiger partial charge in [-0.05, 0) is 75.9 Å². The van der Waals surface area contributed by atoms with E-state index in [9.17, 15) is 30.7 Å². The van der Waals surface area contributed by atoms with Gasteiger partial charge in [0.1, 0.15) is 40.4 Å². The summed E-state index contributed by atoms with van der Waals surface area (Å²) in [5.41, 5.74) is 0.123. The molecule has 0 N–H and O–H groups in total. The molecule has 38 heavy (non-hydrogen) atoms. The summed E-state index contributed by atoms with van der Waals surface area (Å²) in [5.74, 6) is -7.58. The molecule has 0 bridgehead atoms. The van der Waals surface area contributed by atoms with Gasteiger partial charge in [-0.15, -0.1) is 0 Å². The third-order valence-corrected chi connectivity index (χ3v) is 6.95. The van der Waals surface area contributed by atoms with E-state index in [1.54, 1.807) is 6.07 Å². The number of benzene rings is 4. The summed E-state index contributed by atoms with van der Waals surface area (Å²) in [7, 11) is 0. The van der Waals surface area contributed by atoms with Crippen molar-refractivity contribution in [3.05, 3.63) is 111 Å². The van der Waals surface area contributed by atoms with Crippen LogP contribution in [-0.4, -0.2) is 0 Å². The third-order valence-electron chi connectivity index (χ3n) is 5.92. The van der Waals surface area contributed by atoms with E-state index in [2.05, 4.69) is 11.7 Å². The van der Waals surface area contributed by atoms with Crippen LogP contribution in [0.2, 0.25) is 0 Å². The first kappa shape index (κ1) is 27.9. The molecule has 0 atom stereocenters. The van der Waals surface area contributed by atoms with Crippen LogP contribution in [0.15, 0.2) is 66.7 Å². The zero-order chi connectivity index (χ0) is 27.6. The molecule has 0 unspecified atom stereocenters. The molecule has 0 aromatic heterocycles. The lowest BCUT2D eigenvalue weighted by Gasteiger charge is -2.20. The summed E-state index contributed by atoms with van der Waals surface area (Å²) in [6.07, 6.45) is -1.58. The first-order valence-electron chi connectivity index (χ1n) is 11.6. The number of alkyl halides is 2. The van der Waals surface area contributed by atoms with Crippen LogP contribution in [0.25, 0.3) is 22.3 Å². The Morgan fingerprint density at radius 3 is 1.79 bits per heavy atom. The van der Waals surface area contributed by atoms with Crippen LogP contribution >= 0.6 is 22.6 Å². The van der Waals surface area contributed by atoms with Crippen LogP contribution < -0.4 is 4.74 Å². The molecule has 9 heteroatoms. The number of ether oxygens (including phenoxy) is 1. The van der Waals surface area contributed by atoms with E-state index in [-0.39, 0.29) is 11.1 Å². The Labute approximate surface area is 228 Å². The van der Waals surface area contributed by atoms with Gasteiger partial charge in [-0.25, -0.2) is 22.0 Å². The van der Waals surface area contributed by atoms with Crippen molar-refractivity contribution in [1.29, 1.82) is 0 Å². The SMILES string of the molecule is CCCCc1ccc(-c2ccc(-c3cc(F)c(C(F)(F)Oc4cc(F)c(I)c(F)c4)c(F)c3)c(F)c2)cc1. The lowest BCUT2D eigenvalue weighted by atomic mass is 9.97. The highest BCUT2D eigenvalue weighted by atomic mass is 127. The van der Waals surface area contributed by atoms with Gasteiger partial charge in [0.2, 0.25) is 0 Å². The Morgan fingerprint density at radius 1 is 0.684 bits per heavy atom. The largest absolute Gasteiger partial charge is 0.432 e. The van der Waals surface area contributed by atoms with E-state index < -0.39 is 50.1 Å². The normalized spacial score (nSPS) is 11.6. The lowest BCUT2D eigenvalue weighted by Crippen LogP contribution is -2.25. The zero-order valence-corrected chi connectivity index (χ0v) is 22.1. The number of halogens is 8. The molecule has 0 aliphatic rings. The molecular weight excluding hydrogens is 624 g/mol. The van der Waals surface area contributed by atoms with Gasteiger partial charge in [-0.2, -0.15) is 8.78 Å². The molecule has 0 aliphatic carbocycles. The molecular formula is C29H20F7IO. The Morgan fingerprint density at radius 2 is 1.24 bits per heavy atom. The van der Waals surface area contributed by atoms with Crippen LogP contribution in [0.3, 0.4) is 0 Å². The quantitative estimate of drug-likeness (QED) is 0.105. The number of rotatable bonds is 8. The predicted octanol–water partition coefficient (Wildman–Crippen LogP) is 9.79. The molecule has 1 nitrogen and oxygen atoms in total. The minimum Gasteiger partial charge on any atom is -0.429 e. The molecule has 4 aromatic rings. The van der Waals surface area contributed by atoms with Gasteiger partial charge in [0.15, 0.2) is 0 Å². The highest BCUT2D eigenvalue weighted by Crippen LogP contribution is 2.38. The molecule has 0 radical (unpaired) electrons. The minimum atomic E-state index is -4.62. The van der Waals surface area contributed by atoms with E-state index in [1.807, 2.05) is 24.3 Å². The second-order valence-electron chi connectivity index (χ2n) is 8.63. The van der Waals surface area contributed by atoms with Crippen molar-refractivity contribution in [2.45, 2.75) is 32.3 Å². The molecule has 0 spiro atoms. The highest BCUT2D eigenvalue weighted by Gasteiger charge is 2.41. The Kier molecular flexibility index (Phi) is 8.34. The van der Waals surface area contributed by atoms with Gasteiger partial charge in [-0.1, -0.05) is 49.7 Å². The molecule has 0 saturated carbocycles. The fourth-order valence-corrected chi connectivity index (χ4v) is 4.28. The first-order valence-corrected chi connectivity index (χ1v) is 12.7. The first-order chi connectivity index (χ1) is 18.0. The summed E-state index contributed by atoms with van der Waals surface area (Å²) >= 11 is 1.32. The summed E-state index contributed by atoms with van der Waals surface area (Å²) in [4.78, 5) is 0. The van der Waals surface area contributed by atoms with Crippen molar-refractivity contribution >= 4 is 22.6 Å². The van der Waals surface area contributed by atoms with Crippen LogP contribution in [0.5, 0.6) is 5.75 Å². The Balaban J connectivity index is 1.61. The molecule has 4 aromatic carbocycles. The molecule has 4 rings (SSSR count). The van der Waals surface area contributed by atoms with Crippen molar-refractivity contribution in [2.24, 2.45) is 0 Å². The molecule has 0 aliphatic heterocycles. The van der Waals surface area contributed by atoms with E-state index in [0.29, 0.717) is 29.8 Å². The summed E-state index contributed by atoms with van der Waals surface area (Å²) < 4.78 is 105. The van der Waals surface area contributed by atoms with Gasteiger partial charge in [-0.3, -0.25) is 0 Å². The van der Waals surface area contributed by atoms with E-state index in [1.165, 1.54) is 34.7 Å². The fourth-order valence-electron chi connectivity index (χ4n) is 3.97. The van der Waals surface area contributed by atoms with Crippen molar-refractivity contribution < 1.29 is 35.5 Å². The fraction of sp³-hybridized carbons (Fsp3) is 0.172. The summed E-state index contributed by atoms with van der Waals surface area (Å²) in [6, 6.07) is 13.7.